The van der Waals surface area contributed by atoms with Crippen molar-refractivity contribution < 1.29 is 31.5 Å². The number of ether oxygens (including phenoxy) is 1. The van der Waals surface area contributed by atoms with Crippen molar-refractivity contribution in [2.45, 2.75) is 32.2 Å². The van der Waals surface area contributed by atoms with Gasteiger partial charge in [0.05, 0.1) is 17.5 Å². The van der Waals surface area contributed by atoms with E-state index >= 15 is 0 Å². The second-order valence-corrected chi connectivity index (χ2v) is 8.41. The van der Waals surface area contributed by atoms with Crippen LogP contribution in [0.25, 0.3) is 11.1 Å². The third-order valence-corrected chi connectivity index (χ3v) is 5.90. The Morgan fingerprint density at radius 3 is 2.11 bits per heavy atom. The van der Waals surface area contributed by atoms with Crippen LogP contribution in [0.1, 0.15) is 36.9 Å². The molecule has 1 heterocycles. The van der Waals surface area contributed by atoms with Gasteiger partial charge in [-0.05, 0) is 47.4 Å². The minimum absolute atomic E-state index is 0.0838. The maximum absolute atomic E-state index is 14.4. The first-order valence-electron chi connectivity index (χ1n) is 11.4. The molecule has 0 bridgehead atoms. The van der Waals surface area contributed by atoms with Crippen molar-refractivity contribution in [2.75, 3.05) is 6.54 Å². The van der Waals surface area contributed by atoms with E-state index in [2.05, 4.69) is 15.0 Å². The van der Waals surface area contributed by atoms with Crippen LogP contribution in [0.15, 0.2) is 71.7 Å². The Balaban J connectivity index is 1.62. The molecule has 0 radical (unpaired) electrons. The van der Waals surface area contributed by atoms with Gasteiger partial charge in [-0.1, -0.05) is 49.4 Å². The number of carbonyl (C=O) groups excluding carboxylic acids is 1. The molecule has 0 saturated carbocycles. The van der Waals surface area contributed by atoms with Gasteiger partial charge in [-0.3, -0.25) is 9.79 Å². The van der Waals surface area contributed by atoms with Crippen molar-refractivity contribution in [2.24, 2.45) is 10.9 Å². The smallest absolute Gasteiger partial charge is 0.406 e. The molecule has 1 aliphatic rings. The van der Waals surface area contributed by atoms with E-state index in [1.54, 1.807) is 24.3 Å². The first kappa shape index (κ1) is 25.3. The summed E-state index contributed by atoms with van der Waals surface area (Å²) in [5.41, 5.74) is 2.03. The molecule has 9 heteroatoms. The maximum Gasteiger partial charge on any atom is 0.573 e. The largest absolute Gasteiger partial charge is 0.573 e. The third kappa shape index (κ3) is 5.72. The zero-order valence-electron chi connectivity index (χ0n) is 19.3. The number of halogens is 5. The molecule has 4 rings (SSSR count). The SMILES string of the molecule is CCCNC(=O)[C@H]1CC(c2c(F)cccc2F)=NC1c1ccc(-c2ccc(OC(F)(F)F)cc2)cc1. The van der Waals surface area contributed by atoms with E-state index in [0.717, 1.165) is 24.1 Å². The predicted octanol–water partition coefficient (Wildman–Crippen LogP) is 6.61. The molecule has 1 aliphatic heterocycles. The molecule has 36 heavy (non-hydrogen) atoms. The van der Waals surface area contributed by atoms with Gasteiger partial charge in [-0.15, -0.1) is 13.2 Å². The molecule has 3 aromatic rings. The van der Waals surface area contributed by atoms with Crippen LogP contribution in [0.5, 0.6) is 5.75 Å². The Morgan fingerprint density at radius 1 is 0.972 bits per heavy atom. The standard InChI is InChI=1S/C27H23F5N2O2/c1-2-14-33-26(35)20-15-23(24-21(28)4-3-5-22(24)29)34-25(20)18-8-6-16(7-9-18)17-10-12-19(13-11-17)36-27(30,31)32/h3-13,20,25H,2,14-15H2,1H3,(H,33,35)/t20-,25?/m0/s1. The normalized spacial score (nSPS) is 17.6. The lowest BCUT2D eigenvalue weighted by molar-refractivity contribution is -0.274. The fraction of sp³-hybridized carbons (Fsp3) is 0.259. The molecule has 0 saturated heterocycles. The van der Waals surface area contributed by atoms with Gasteiger partial charge in [0.1, 0.15) is 17.4 Å². The quantitative estimate of drug-likeness (QED) is 0.370. The van der Waals surface area contributed by atoms with Gasteiger partial charge >= 0.3 is 6.36 Å². The van der Waals surface area contributed by atoms with Gasteiger partial charge in [0.15, 0.2) is 0 Å². The predicted molar refractivity (Wildman–Crippen MR) is 126 cm³/mol. The Labute approximate surface area is 204 Å². The van der Waals surface area contributed by atoms with Crippen molar-refractivity contribution in [3.8, 4) is 16.9 Å². The fourth-order valence-corrected chi connectivity index (χ4v) is 4.21. The van der Waals surface area contributed by atoms with Gasteiger partial charge in [0.2, 0.25) is 5.91 Å². The van der Waals surface area contributed by atoms with Gasteiger partial charge in [-0.2, -0.15) is 0 Å². The average molecular weight is 502 g/mol. The Kier molecular flexibility index (Phi) is 7.37. The first-order valence-corrected chi connectivity index (χ1v) is 11.4. The molecule has 3 aromatic carbocycles. The number of nitrogens with zero attached hydrogens (tertiary/aromatic N) is 1. The lowest BCUT2D eigenvalue weighted by Crippen LogP contribution is -2.33. The number of benzene rings is 3. The third-order valence-electron chi connectivity index (χ3n) is 5.90. The highest BCUT2D eigenvalue weighted by molar-refractivity contribution is 6.05. The van der Waals surface area contributed by atoms with Crippen molar-refractivity contribution in [1.29, 1.82) is 0 Å². The van der Waals surface area contributed by atoms with Crippen molar-refractivity contribution in [3.63, 3.8) is 0 Å². The van der Waals surface area contributed by atoms with Crippen molar-refractivity contribution in [3.05, 3.63) is 89.5 Å². The topological polar surface area (TPSA) is 50.7 Å². The molecular formula is C27H23F5N2O2. The summed E-state index contributed by atoms with van der Waals surface area (Å²) in [6.45, 7) is 2.39. The van der Waals surface area contributed by atoms with Crippen LogP contribution in [0.3, 0.4) is 0 Å². The molecule has 0 aromatic heterocycles. The summed E-state index contributed by atoms with van der Waals surface area (Å²) in [6, 6.07) is 15.4. The number of nitrogens with one attached hydrogen (secondary N) is 1. The maximum atomic E-state index is 14.4. The van der Waals surface area contributed by atoms with Gasteiger partial charge < -0.3 is 10.1 Å². The molecule has 1 amide bonds. The molecule has 4 nitrogen and oxygen atoms in total. The second kappa shape index (κ2) is 10.5. The van der Waals surface area contributed by atoms with Crippen molar-refractivity contribution >= 4 is 11.6 Å². The number of rotatable bonds is 7. The zero-order chi connectivity index (χ0) is 25.9. The number of aliphatic imine (C=N–C) groups is 1. The summed E-state index contributed by atoms with van der Waals surface area (Å²) < 4.78 is 69.9. The minimum Gasteiger partial charge on any atom is -0.406 e. The highest BCUT2D eigenvalue weighted by Crippen LogP contribution is 2.38. The molecule has 0 spiro atoms. The summed E-state index contributed by atoms with van der Waals surface area (Å²) >= 11 is 0. The number of hydrogen-bond acceptors (Lipinski definition) is 3. The Hall–Kier alpha value is -3.75. The highest BCUT2D eigenvalue weighted by Gasteiger charge is 2.37. The number of alkyl halides is 3. The van der Waals surface area contributed by atoms with E-state index in [1.807, 2.05) is 6.92 Å². The van der Waals surface area contributed by atoms with Crippen LogP contribution in [-0.2, 0) is 4.79 Å². The minimum atomic E-state index is -4.77. The zero-order valence-corrected chi connectivity index (χ0v) is 19.3. The summed E-state index contributed by atoms with van der Waals surface area (Å²) in [4.78, 5) is 17.5. The molecular weight excluding hydrogens is 479 g/mol. The number of amides is 1. The fourth-order valence-electron chi connectivity index (χ4n) is 4.21. The number of carbonyl (C=O) groups is 1. The lowest BCUT2D eigenvalue weighted by atomic mass is 9.90. The first-order chi connectivity index (χ1) is 17.2. The Bertz CT molecular complexity index is 1230. The van der Waals surface area contributed by atoms with E-state index in [0.29, 0.717) is 17.7 Å². The molecule has 2 atom stereocenters. The molecule has 1 unspecified atom stereocenters. The van der Waals surface area contributed by atoms with Crippen LogP contribution in [0.2, 0.25) is 0 Å². The summed E-state index contributed by atoms with van der Waals surface area (Å²) in [5, 5.41) is 2.84. The van der Waals surface area contributed by atoms with Crippen LogP contribution in [-0.4, -0.2) is 24.5 Å². The number of hydrogen-bond donors (Lipinski definition) is 1. The monoisotopic (exact) mass is 502 g/mol. The van der Waals surface area contributed by atoms with Gasteiger partial charge in [-0.25, -0.2) is 8.78 Å². The highest BCUT2D eigenvalue weighted by atomic mass is 19.4. The van der Waals surface area contributed by atoms with E-state index in [1.165, 1.54) is 30.3 Å². The average Bonchev–Trinajstić information content (AvgIpc) is 3.27. The Morgan fingerprint density at radius 2 is 1.56 bits per heavy atom. The molecule has 0 aliphatic carbocycles. The van der Waals surface area contributed by atoms with Crippen LogP contribution in [0.4, 0.5) is 22.0 Å². The van der Waals surface area contributed by atoms with Crippen LogP contribution < -0.4 is 10.1 Å². The van der Waals surface area contributed by atoms with Crippen LogP contribution >= 0.6 is 0 Å². The summed E-state index contributed by atoms with van der Waals surface area (Å²) in [5.74, 6) is -2.69. The molecule has 188 valence electrons. The van der Waals surface area contributed by atoms with E-state index < -0.39 is 30.0 Å². The van der Waals surface area contributed by atoms with Gasteiger partial charge in [0, 0.05) is 18.7 Å². The summed E-state index contributed by atoms with van der Waals surface area (Å²) in [7, 11) is 0. The van der Waals surface area contributed by atoms with Crippen LogP contribution in [0, 0.1) is 17.6 Å². The van der Waals surface area contributed by atoms with Gasteiger partial charge in [0.25, 0.3) is 0 Å². The molecule has 1 N–H and O–H groups in total. The summed E-state index contributed by atoms with van der Waals surface area (Å²) in [6.07, 6.45) is -3.95. The van der Waals surface area contributed by atoms with E-state index in [4.69, 9.17) is 0 Å². The lowest BCUT2D eigenvalue weighted by Gasteiger charge is -2.18. The van der Waals surface area contributed by atoms with E-state index in [-0.39, 0.29) is 29.4 Å². The molecule has 0 fully saturated rings. The van der Waals surface area contributed by atoms with E-state index in [9.17, 15) is 26.7 Å². The second-order valence-electron chi connectivity index (χ2n) is 8.41. The van der Waals surface area contributed by atoms with Crippen molar-refractivity contribution in [1.82, 2.24) is 5.32 Å².